The van der Waals surface area contributed by atoms with Crippen molar-refractivity contribution in [3.8, 4) is 11.5 Å². The molecular formula is C13H22ClNO3. The van der Waals surface area contributed by atoms with Gasteiger partial charge in [-0.2, -0.15) is 0 Å². The van der Waals surface area contributed by atoms with E-state index >= 15 is 0 Å². The van der Waals surface area contributed by atoms with Crippen molar-refractivity contribution < 1.29 is 15.3 Å². The Morgan fingerprint density at radius 3 is 2.22 bits per heavy atom. The van der Waals surface area contributed by atoms with E-state index in [2.05, 4.69) is 5.32 Å². The van der Waals surface area contributed by atoms with Crippen LogP contribution in [0.25, 0.3) is 0 Å². The number of aliphatic hydroxyl groups is 1. The van der Waals surface area contributed by atoms with Crippen molar-refractivity contribution in [1.82, 2.24) is 5.32 Å². The average molecular weight is 276 g/mol. The lowest BCUT2D eigenvalue weighted by Crippen LogP contribution is -2.38. The summed E-state index contributed by atoms with van der Waals surface area (Å²) >= 11 is 0. The minimum atomic E-state index is -0.700. The molecule has 5 heteroatoms. The van der Waals surface area contributed by atoms with E-state index in [-0.39, 0.29) is 36.0 Å². The number of halogens is 1. The van der Waals surface area contributed by atoms with Crippen molar-refractivity contribution in [2.45, 2.75) is 45.4 Å². The van der Waals surface area contributed by atoms with Crippen LogP contribution < -0.4 is 5.32 Å². The van der Waals surface area contributed by atoms with Crippen LogP contribution in [0.4, 0.5) is 0 Å². The van der Waals surface area contributed by atoms with Crippen LogP contribution in [0, 0.1) is 0 Å². The molecule has 2 atom stereocenters. The van der Waals surface area contributed by atoms with Gasteiger partial charge < -0.3 is 20.6 Å². The van der Waals surface area contributed by atoms with E-state index in [1.165, 1.54) is 12.1 Å². The van der Waals surface area contributed by atoms with Crippen molar-refractivity contribution in [2.24, 2.45) is 0 Å². The third-order valence-electron chi connectivity index (χ3n) is 2.71. The molecule has 0 aliphatic heterocycles. The number of phenolic OH excluding ortho intramolecular Hbond substituents is 2. The first-order valence-electron chi connectivity index (χ1n) is 5.91. The number of aliphatic hydroxyl groups excluding tert-OH is 1. The number of aromatic hydroxyl groups is 2. The van der Waals surface area contributed by atoms with Gasteiger partial charge in [-0.25, -0.2) is 0 Å². The zero-order valence-corrected chi connectivity index (χ0v) is 11.7. The van der Waals surface area contributed by atoms with E-state index in [0.29, 0.717) is 5.56 Å². The second-order valence-electron chi connectivity index (χ2n) is 4.53. The highest BCUT2D eigenvalue weighted by atomic mass is 35.5. The van der Waals surface area contributed by atoms with Gasteiger partial charge in [0.2, 0.25) is 0 Å². The topological polar surface area (TPSA) is 72.7 Å². The predicted molar refractivity (Wildman–Crippen MR) is 74.3 cm³/mol. The predicted octanol–water partition coefficient (Wildman–Crippen LogP) is 2.33. The minimum absolute atomic E-state index is 0. The summed E-state index contributed by atoms with van der Waals surface area (Å²) in [4.78, 5) is 0. The summed E-state index contributed by atoms with van der Waals surface area (Å²) in [5.74, 6) is -0.383. The summed E-state index contributed by atoms with van der Waals surface area (Å²) in [5, 5.41) is 32.1. The van der Waals surface area contributed by atoms with Gasteiger partial charge in [0.15, 0.2) is 11.5 Å². The molecule has 0 aromatic heterocycles. The first kappa shape index (κ1) is 17.0. The largest absolute Gasteiger partial charge is 0.504 e. The van der Waals surface area contributed by atoms with Gasteiger partial charge in [0, 0.05) is 12.1 Å². The minimum Gasteiger partial charge on any atom is -0.504 e. The van der Waals surface area contributed by atoms with Crippen molar-refractivity contribution in [3.05, 3.63) is 23.8 Å². The van der Waals surface area contributed by atoms with Gasteiger partial charge in [0.1, 0.15) is 0 Å². The van der Waals surface area contributed by atoms with E-state index in [1.807, 2.05) is 20.8 Å². The normalized spacial score (nSPS) is 14.1. The third-order valence-corrected chi connectivity index (χ3v) is 2.71. The Labute approximate surface area is 114 Å². The number of hydrogen-bond donors (Lipinski definition) is 4. The second-order valence-corrected chi connectivity index (χ2v) is 4.53. The third kappa shape index (κ3) is 4.37. The van der Waals surface area contributed by atoms with Gasteiger partial charge in [-0.05, 0) is 24.1 Å². The smallest absolute Gasteiger partial charge is 0.157 e. The Morgan fingerprint density at radius 1 is 1.17 bits per heavy atom. The molecule has 0 aliphatic rings. The van der Waals surface area contributed by atoms with Crippen LogP contribution in [0.5, 0.6) is 11.5 Å². The van der Waals surface area contributed by atoms with Gasteiger partial charge >= 0.3 is 0 Å². The van der Waals surface area contributed by atoms with Crippen LogP contribution in [0.2, 0.25) is 0 Å². The first-order chi connectivity index (χ1) is 7.95. The number of hydrogen-bond acceptors (Lipinski definition) is 4. The average Bonchev–Trinajstić information content (AvgIpc) is 2.28. The molecule has 0 unspecified atom stereocenters. The van der Waals surface area contributed by atoms with Gasteiger partial charge in [0.25, 0.3) is 0 Å². The highest BCUT2D eigenvalue weighted by molar-refractivity contribution is 5.85. The molecule has 1 rings (SSSR count). The Hall–Kier alpha value is -0.970. The summed E-state index contributed by atoms with van der Waals surface area (Å²) in [5.41, 5.74) is 0.598. The molecule has 0 aliphatic carbocycles. The Kier molecular flexibility index (Phi) is 7.06. The molecule has 0 saturated carbocycles. The molecule has 4 N–H and O–H groups in total. The molecule has 18 heavy (non-hydrogen) atoms. The molecule has 0 radical (unpaired) electrons. The van der Waals surface area contributed by atoms with Gasteiger partial charge in [0.05, 0.1) is 6.10 Å². The Morgan fingerprint density at radius 2 is 1.78 bits per heavy atom. The summed E-state index contributed by atoms with van der Waals surface area (Å²) in [7, 11) is 0. The number of phenols is 2. The molecular weight excluding hydrogens is 254 g/mol. The fourth-order valence-corrected chi connectivity index (χ4v) is 1.82. The Bertz CT molecular complexity index is 371. The van der Waals surface area contributed by atoms with Crippen molar-refractivity contribution in [2.75, 3.05) is 0 Å². The SMILES string of the molecule is CC[C@H](NC(C)C)[C@@H](O)c1ccc(O)c(O)c1.Cl. The number of benzene rings is 1. The maximum atomic E-state index is 10.2. The standard InChI is InChI=1S/C13H21NO3.ClH/c1-4-10(14-8(2)3)13(17)9-5-6-11(15)12(16)7-9;/h5-8,10,13-17H,4H2,1-3H3;1H/t10-,13-;/m0./s1. The lowest BCUT2D eigenvalue weighted by atomic mass is 9.99. The lowest BCUT2D eigenvalue weighted by Gasteiger charge is -2.25. The second kappa shape index (κ2) is 7.46. The highest BCUT2D eigenvalue weighted by Crippen LogP contribution is 2.29. The van der Waals surface area contributed by atoms with Crippen molar-refractivity contribution in [1.29, 1.82) is 0 Å². The summed E-state index contributed by atoms with van der Waals surface area (Å²) in [6, 6.07) is 4.60. The molecule has 4 nitrogen and oxygen atoms in total. The molecule has 104 valence electrons. The van der Waals surface area contributed by atoms with E-state index in [0.717, 1.165) is 6.42 Å². The maximum Gasteiger partial charge on any atom is 0.157 e. The van der Waals surface area contributed by atoms with E-state index < -0.39 is 6.10 Å². The van der Waals surface area contributed by atoms with Crippen LogP contribution in [-0.2, 0) is 0 Å². The fourth-order valence-electron chi connectivity index (χ4n) is 1.82. The summed E-state index contributed by atoms with van der Waals surface area (Å²) in [6.45, 7) is 6.02. The fraction of sp³-hybridized carbons (Fsp3) is 0.538. The van der Waals surface area contributed by atoms with E-state index in [1.54, 1.807) is 6.07 Å². The zero-order chi connectivity index (χ0) is 13.0. The van der Waals surface area contributed by atoms with Crippen molar-refractivity contribution in [3.63, 3.8) is 0 Å². The molecule has 0 saturated heterocycles. The molecule has 1 aromatic rings. The van der Waals surface area contributed by atoms with Gasteiger partial charge in [-0.3, -0.25) is 0 Å². The van der Waals surface area contributed by atoms with Crippen molar-refractivity contribution >= 4 is 12.4 Å². The van der Waals surface area contributed by atoms with Gasteiger partial charge in [-0.15, -0.1) is 12.4 Å². The molecule has 0 amide bonds. The molecule has 0 fully saturated rings. The number of rotatable bonds is 5. The quantitative estimate of drug-likeness (QED) is 0.623. The molecule has 0 heterocycles. The monoisotopic (exact) mass is 275 g/mol. The molecule has 0 bridgehead atoms. The molecule has 1 aromatic carbocycles. The van der Waals surface area contributed by atoms with Crippen LogP contribution in [0.15, 0.2) is 18.2 Å². The lowest BCUT2D eigenvalue weighted by molar-refractivity contribution is 0.121. The first-order valence-corrected chi connectivity index (χ1v) is 5.91. The molecule has 0 spiro atoms. The van der Waals surface area contributed by atoms with Crippen LogP contribution in [-0.4, -0.2) is 27.4 Å². The van der Waals surface area contributed by atoms with E-state index in [9.17, 15) is 15.3 Å². The summed E-state index contributed by atoms with van der Waals surface area (Å²) in [6.07, 6.45) is 0.0787. The number of nitrogens with one attached hydrogen (secondary N) is 1. The summed E-state index contributed by atoms with van der Waals surface area (Å²) < 4.78 is 0. The maximum absolute atomic E-state index is 10.2. The highest BCUT2D eigenvalue weighted by Gasteiger charge is 2.20. The Balaban J connectivity index is 0.00000289. The zero-order valence-electron chi connectivity index (χ0n) is 10.9. The van der Waals surface area contributed by atoms with Gasteiger partial charge in [-0.1, -0.05) is 26.8 Å². The van der Waals surface area contributed by atoms with Crippen LogP contribution in [0.1, 0.15) is 38.9 Å². The van der Waals surface area contributed by atoms with E-state index in [4.69, 9.17) is 0 Å². The van der Waals surface area contributed by atoms with Crippen LogP contribution in [0.3, 0.4) is 0 Å². The van der Waals surface area contributed by atoms with Crippen LogP contribution >= 0.6 is 12.4 Å².